The number of carboxylic acids is 1. The maximum absolute atomic E-state index is 13.3. The predicted octanol–water partition coefficient (Wildman–Crippen LogP) is 2.42. The zero-order valence-corrected chi connectivity index (χ0v) is 11.5. The summed E-state index contributed by atoms with van der Waals surface area (Å²) in [4.78, 5) is 23.1. The number of piperidine rings is 1. The Bertz CT molecular complexity index is 542. The lowest BCUT2D eigenvalue weighted by atomic mass is 9.93. The molecule has 1 fully saturated rings. The smallest absolute Gasteiger partial charge is 0.303 e. The Hall–Kier alpha value is -2.02. The summed E-state index contributed by atoms with van der Waals surface area (Å²) in [5.74, 6) is -1.13. The van der Waals surface area contributed by atoms with E-state index in [0.717, 1.165) is 18.9 Å². The van der Waals surface area contributed by atoms with Crippen LogP contribution in [0.15, 0.2) is 18.2 Å². The highest BCUT2D eigenvalue weighted by molar-refractivity contribution is 5.67. The zero-order valence-electron chi connectivity index (χ0n) is 11.5. The van der Waals surface area contributed by atoms with Gasteiger partial charge in [0, 0.05) is 24.6 Å². The molecule has 6 nitrogen and oxygen atoms in total. The van der Waals surface area contributed by atoms with Crippen LogP contribution in [0.2, 0.25) is 0 Å². The summed E-state index contributed by atoms with van der Waals surface area (Å²) in [6, 6.07) is 3.46. The standard InChI is InChI=1S/C14H17FN2O4/c15-12-1-2-13(17(20)21)11(8-12)9-16-5-3-10(4-6-16)7-14(18)19/h1-2,8,10H,3-7,9H2,(H,18,19). The van der Waals surface area contributed by atoms with Crippen LogP contribution in [0, 0.1) is 21.8 Å². The van der Waals surface area contributed by atoms with Crippen molar-refractivity contribution in [3.8, 4) is 0 Å². The molecule has 0 aromatic heterocycles. The molecule has 1 aromatic rings. The van der Waals surface area contributed by atoms with Gasteiger partial charge in [0.05, 0.1) is 4.92 Å². The van der Waals surface area contributed by atoms with Crippen molar-refractivity contribution in [2.24, 2.45) is 5.92 Å². The summed E-state index contributed by atoms with van der Waals surface area (Å²) in [6.07, 6.45) is 1.65. The Labute approximate surface area is 121 Å². The summed E-state index contributed by atoms with van der Waals surface area (Å²) < 4.78 is 13.3. The number of nitro benzene ring substituents is 1. The van der Waals surface area contributed by atoms with Crippen molar-refractivity contribution in [1.29, 1.82) is 0 Å². The summed E-state index contributed by atoms with van der Waals surface area (Å²) in [5, 5.41) is 19.7. The van der Waals surface area contributed by atoms with Gasteiger partial charge in [-0.2, -0.15) is 0 Å². The Kier molecular flexibility index (Phi) is 4.85. The maximum Gasteiger partial charge on any atom is 0.303 e. The lowest BCUT2D eigenvalue weighted by Gasteiger charge is -2.31. The van der Waals surface area contributed by atoms with E-state index in [2.05, 4.69) is 0 Å². The minimum Gasteiger partial charge on any atom is -0.481 e. The first-order chi connectivity index (χ1) is 9.95. The number of hydrogen-bond acceptors (Lipinski definition) is 4. The molecule has 7 heteroatoms. The van der Waals surface area contributed by atoms with Gasteiger partial charge in [-0.3, -0.25) is 19.8 Å². The van der Waals surface area contributed by atoms with Gasteiger partial charge in [0.1, 0.15) is 5.82 Å². The van der Waals surface area contributed by atoms with E-state index < -0.39 is 16.7 Å². The molecule has 114 valence electrons. The third-order valence-electron chi connectivity index (χ3n) is 3.80. The van der Waals surface area contributed by atoms with Crippen LogP contribution in [-0.4, -0.2) is 34.0 Å². The second-order valence-corrected chi connectivity index (χ2v) is 5.35. The molecular weight excluding hydrogens is 279 g/mol. The molecule has 1 N–H and O–H groups in total. The van der Waals surface area contributed by atoms with Gasteiger partial charge in [-0.15, -0.1) is 0 Å². The molecule has 1 aliphatic heterocycles. The fraction of sp³-hybridized carbons (Fsp3) is 0.500. The average molecular weight is 296 g/mol. The minimum absolute atomic E-state index is 0.0796. The number of aliphatic carboxylic acids is 1. The molecule has 0 unspecified atom stereocenters. The molecule has 1 heterocycles. The van der Waals surface area contributed by atoms with Gasteiger partial charge < -0.3 is 5.11 Å². The topological polar surface area (TPSA) is 83.7 Å². The number of nitro groups is 1. The molecule has 1 aromatic carbocycles. The summed E-state index contributed by atoms with van der Waals surface area (Å²) in [7, 11) is 0. The molecule has 0 atom stereocenters. The molecule has 0 amide bonds. The lowest BCUT2D eigenvalue weighted by molar-refractivity contribution is -0.385. The largest absolute Gasteiger partial charge is 0.481 e. The van der Waals surface area contributed by atoms with Crippen molar-refractivity contribution in [2.75, 3.05) is 13.1 Å². The van der Waals surface area contributed by atoms with Crippen LogP contribution in [0.1, 0.15) is 24.8 Å². The molecule has 1 saturated heterocycles. The first kappa shape index (κ1) is 15.4. The summed E-state index contributed by atoms with van der Waals surface area (Å²) in [6.45, 7) is 1.66. The Morgan fingerprint density at radius 3 is 2.67 bits per heavy atom. The normalized spacial score (nSPS) is 16.8. The molecular formula is C14H17FN2O4. The van der Waals surface area contributed by atoms with Crippen LogP contribution in [0.4, 0.5) is 10.1 Å². The van der Waals surface area contributed by atoms with Crippen LogP contribution in [0.5, 0.6) is 0 Å². The van der Waals surface area contributed by atoms with Gasteiger partial charge in [-0.25, -0.2) is 4.39 Å². The molecule has 21 heavy (non-hydrogen) atoms. The molecule has 0 spiro atoms. The molecule has 2 rings (SSSR count). The highest BCUT2D eigenvalue weighted by atomic mass is 19.1. The Morgan fingerprint density at radius 2 is 2.10 bits per heavy atom. The molecule has 0 aliphatic carbocycles. The maximum atomic E-state index is 13.3. The fourth-order valence-corrected chi connectivity index (χ4v) is 2.70. The third-order valence-corrected chi connectivity index (χ3v) is 3.80. The van der Waals surface area contributed by atoms with Crippen LogP contribution in [0.25, 0.3) is 0 Å². The molecule has 0 saturated carbocycles. The van der Waals surface area contributed by atoms with E-state index >= 15 is 0 Å². The van der Waals surface area contributed by atoms with Gasteiger partial charge >= 0.3 is 5.97 Å². The average Bonchev–Trinajstić information content (AvgIpc) is 2.40. The van der Waals surface area contributed by atoms with Crippen molar-refractivity contribution < 1.29 is 19.2 Å². The minimum atomic E-state index is -0.797. The summed E-state index contributed by atoms with van der Waals surface area (Å²) in [5.41, 5.74) is 0.278. The van der Waals surface area contributed by atoms with Crippen LogP contribution >= 0.6 is 0 Å². The van der Waals surface area contributed by atoms with Gasteiger partial charge in [-0.05, 0) is 44.0 Å². The van der Waals surface area contributed by atoms with Crippen LogP contribution < -0.4 is 0 Å². The number of benzene rings is 1. The number of rotatable bonds is 5. The number of carbonyl (C=O) groups is 1. The Balaban J connectivity index is 1.99. The second kappa shape index (κ2) is 6.62. The van der Waals surface area contributed by atoms with Crippen molar-refractivity contribution in [3.63, 3.8) is 0 Å². The second-order valence-electron chi connectivity index (χ2n) is 5.35. The quantitative estimate of drug-likeness (QED) is 0.666. The fourth-order valence-electron chi connectivity index (χ4n) is 2.70. The van der Waals surface area contributed by atoms with E-state index in [9.17, 15) is 19.3 Å². The van der Waals surface area contributed by atoms with E-state index in [0.29, 0.717) is 25.2 Å². The number of hydrogen-bond donors (Lipinski definition) is 1. The molecule has 1 aliphatic rings. The number of halogens is 1. The van der Waals surface area contributed by atoms with Crippen molar-refractivity contribution >= 4 is 11.7 Å². The Morgan fingerprint density at radius 1 is 1.43 bits per heavy atom. The third kappa shape index (κ3) is 4.22. The molecule has 0 bridgehead atoms. The monoisotopic (exact) mass is 296 g/mol. The SMILES string of the molecule is O=C(O)CC1CCN(Cc2cc(F)ccc2[N+](=O)[O-])CC1. The number of likely N-dealkylation sites (tertiary alicyclic amines) is 1. The van der Waals surface area contributed by atoms with E-state index in [4.69, 9.17) is 5.11 Å². The van der Waals surface area contributed by atoms with E-state index in [1.165, 1.54) is 12.1 Å². The van der Waals surface area contributed by atoms with Gasteiger partial charge in [0.2, 0.25) is 0 Å². The molecule has 0 radical (unpaired) electrons. The van der Waals surface area contributed by atoms with E-state index in [-0.39, 0.29) is 18.0 Å². The summed E-state index contributed by atoms with van der Waals surface area (Å²) >= 11 is 0. The van der Waals surface area contributed by atoms with Crippen molar-refractivity contribution in [3.05, 3.63) is 39.7 Å². The first-order valence-electron chi connectivity index (χ1n) is 6.82. The number of nitrogens with zero attached hydrogens (tertiary/aromatic N) is 2. The van der Waals surface area contributed by atoms with Crippen LogP contribution in [-0.2, 0) is 11.3 Å². The first-order valence-corrected chi connectivity index (χ1v) is 6.82. The highest BCUT2D eigenvalue weighted by Crippen LogP contribution is 2.25. The lowest BCUT2D eigenvalue weighted by Crippen LogP contribution is -2.34. The van der Waals surface area contributed by atoms with Crippen molar-refractivity contribution in [2.45, 2.75) is 25.8 Å². The predicted molar refractivity (Wildman–Crippen MR) is 73.3 cm³/mol. The van der Waals surface area contributed by atoms with Gasteiger partial charge in [0.15, 0.2) is 0 Å². The zero-order chi connectivity index (χ0) is 15.4. The van der Waals surface area contributed by atoms with Gasteiger partial charge in [-0.1, -0.05) is 0 Å². The van der Waals surface area contributed by atoms with Gasteiger partial charge in [0.25, 0.3) is 5.69 Å². The van der Waals surface area contributed by atoms with Crippen molar-refractivity contribution in [1.82, 2.24) is 4.90 Å². The van der Waals surface area contributed by atoms with Crippen LogP contribution in [0.3, 0.4) is 0 Å². The van der Waals surface area contributed by atoms with E-state index in [1.54, 1.807) is 0 Å². The highest BCUT2D eigenvalue weighted by Gasteiger charge is 2.23. The van der Waals surface area contributed by atoms with E-state index in [1.807, 2.05) is 4.90 Å². The number of carboxylic acid groups (broad SMARTS) is 1.